The first-order valence-electron chi connectivity index (χ1n) is 6.83. The van der Waals surface area contributed by atoms with Crippen molar-refractivity contribution in [3.63, 3.8) is 0 Å². The second kappa shape index (κ2) is 4.58. The van der Waals surface area contributed by atoms with Crippen molar-refractivity contribution in [2.24, 2.45) is 7.05 Å². The summed E-state index contributed by atoms with van der Waals surface area (Å²) in [6, 6.07) is 1.70. The molecule has 2 aromatic heterocycles. The van der Waals surface area contributed by atoms with Gasteiger partial charge in [0.1, 0.15) is 5.75 Å². The van der Waals surface area contributed by atoms with Crippen LogP contribution in [0.25, 0.3) is 0 Å². The molecule has 1 atom stereocenters. The van der Waals surface area contributed by atoms with Crippen molar-refractivity contribution in [1.29, 1.82) is 0 Å². The van der Waals surface area contributed by atoms with E-state index in [4.69, 9.17) is 4.74 Å². The standard InChI is InChI=1S/C15H17N3O3/c1-7-5-11-14(15(20)16-7)10(6-12(19)21-11)13-8(2)17-18(4)9(13)3/h5,10H,6H2,1-4H3,(H,16,20)/t10-/m1/s1. The van der Waals surface area contributed by atoms with E-state index in [1.54, 1.807) is 17.7 Å². The van der Waals surface area contributed by atoms with Crippen LogP contribution in [0, 0.1) is 20.8 Å². The third-order valence-electron chi connectivity index (χ3n) is 4.02. The lowest BCUT2D eigenvalue weighted by molar-refractivity contribution is -0.135. The Morgan fingerprint density at radius 2 is 2.00 bits per heavy atom. The van der Waals surface area contributed by atoms with Crippen LogP contribution in [0.1, 0.15) is 40.5 Å². The van der Waals surface area contributed by atoms with Gasteiger partial charge in [-0.15, -0.1) is 0 Å². The van der Waals surface area contributed by atoms with E-state index >= 15 is 0 Å². The second-order valence-electron chi connectivity index (χ2n) is 5.50. The van der Waals surface area contributed by atoms with E-state index in [-0.39, 0.29) is 23.9 Å². The zero-order valence-corrected chi connectivity index (χ0v) is 12.5. The molecule has 0 saturated heterocycles. The smallest absolute Gasteiger partial charge is 0.312 e. The van der Waals surface area contributed by atoms with E-state index in [9.17, 15) is 9.59 Å². The summed E-state index contributed by atoms with van der Waals surface area (Å²) < 4.78 is 7.02. The molecule has 1 aliphatic rings. The van der Waals surface area contributed by atoms with Crippen LogP contribution in [-0.4, -0.2) is 20.7 Å². The molecule has 0 unspecified atom stereocenters. The van der Waals surface area contributed by atoms with Crippen LogP contribution in [0.15, 0.2) is 10.9 Å². The maximum atomic E-state index is 12.3. The number of ether oxygens (including phenoxy) is 1. The van der Waals surface area contributed by atoms with Crippen LogP contribution in [0.4, 0.5) is 0 Å². The molecule has 6 nitrogen and oxygen atoms in total. The van der Waals surface area contributed by atoms with Gasteiger partial charge in [0, 0.05) is 36.0 Å². The molecule has 2 aromatic rings. The van der Waals surface area contributed by atoms with Crippen LogP contribution in [0.2, 0.25) is 0 Å². The topological polar surface area (TPSA) is 77.0 Å². The van der Waals surface area contributed by atoms with E-state index < -0.39 is 0 Å². The van der Waals surface area contributed by atoms with E-state index in [0.29, 0.717) is 17.0 Å². The molecule has 110 valence electrons. The molecule has 1 N–H and O–H groups in total. The quantitative estimate of drug-likeness (QED) is 0.806. The van der Waals surface area contributed by atoms with Gasteiger partial charge in [0.25, 0.3) is 5.56 Å². The summed E-state index contributed by atoms with van der Waals surface area (Å²) >= 11 is 0. The first-order valence-corrected chi connectivity index (χ1v) is 6.83. The number of aromatic nitrogens is 3. The largest absolute Gasteiger partial charge is 0.426 e. The van der Waals surface area contributed by atoms with Crippen molar-refractivity contribution >= 4 is 5.97 Å². The minimum absolute atomic E-state index is 0.159. The molecule has 0 radical (unpaired) electrons. The molecule has 3 heterocycles. The summed E-state index contributed by atoms with van der Waals surface area (Å²) in [5.74, 6) is -0.264. The van der Waals surface area contributed by atoms with Gasteiger partial charge in [-0.3, -0.25) is 14.3 Å². The number of hydrogen-bond acceptors (Lipinski definition) is 4. The Hall–Kier alpha value is -2.37. The number of hydrogen-bond donors (Lipinski definition) is 1. The van der Waals surface area contributed by atoms with Crippen molar-refractivity contribution in [1.82, 2.24) is 14.8 Å². The highest BCUT2D eigenvalue weighted by Gasteiger charge is 2.34. The van der Waals surface area contributed by atoms with Crippen LogP contribution in [0.3, 0.4) is 0 Å². The second-order valence-corrected chi connectivity index (χ2v) is 5.50. The lowest BCUT2D eigenvalue weighted by Crippen LogP contribution is -2.29. The molecule has 0 amide bonds. The summed E-state index contributed by atoms with van der Waals surface area (Å²) in [6.07, 6.45) is 0.159. The van der Waals surface area contributed by atoms with Crippen LogP contribution < -0.4 is 10.3 Å². The minimum atomic E-state index is -0.319. The number of rotatable bonds is 1. The fourth-order valence-corrected chi connectivity index (χ4v) is 3.06. The molecular weight excluding hydrogens is 270 g/mol. The molecule has 0 bridgehead atoms. The SMILES string of the molecule is Cc1cc2c(c(=O)[nH]1)[C@@H](c1c(C)nn(C)c1C)CC(=O)O2. The van der Waals surface area contributed by atoms with Gasteiger partial charge in [0.2, 0.25) is 0 Å². The van der Waals surface area contributed by atoms with Crippen LogP contribution in [0.5, 0.6) is 5.75 Å². The zero-order valence-electron chi connectivity index (χ0n) is 12.5. The van der Waals surface area contributed by atoms with Gasteiger partial charge in [-0.05, 0) is 20.8 Å². The summed E-state index contributed by atoms with van der Waals surface area (Å²) in [6.45, 7) is 5.60. The Morgan fingerprint density at radius 3 is 2.62 bits per heavy atom. The van der Waals surface area contributed by atoms with Gasteiger partial charge in [-0.2, -0.15) is 5.10 Å². The van der Waals surface area contributed by atoms with Gasteiger partial charge >= 0.3 is 5.97 Å². The minimum Gasteiger partial charge on any atom is -0.426 e. The number of fused-ring (bicyclic) bond motifs is 1. The zero-order chi connectivity index (χ0) is 15.3. The summed E-state index contributed by atoms with van der Waals surface area (Å²) in [7, 11) is 1.85. The van der Waals surface area contributed by atoms with E-state index in [1.165, 1.54) is 0 Å². The van der Waals surface area contributed by atoms with Gasteiger partial charge in [0.15, 0.2) is 0 Å². The summed E-state index contributed by atoms with van der Waals surface area (Å²) in [5.41, 5.74) is 3.71. The lowest BCUT2D eigenvalue weighted by atomic mass is 9.86. The van der Waals surface area contributed by atoms with Crippen molar-refractivity contribution < 1.29 is 9.53 Å². The number of nitrogens with one attached hydrogen (secondary N) is 1. The molecule has 6 heteroatoms. The van der Waals surface area contributed by atoms with Gasteiger partial charge < -0.3 is 9.72 Å². The maximum Gasteiger partial charge on any atom is 0.312 e. The third-order valence-corrected chi connectivity index (χ3v) is 4.02. The van der Waals surface area contributed by atoms with Crippen molar-refractivity contribution in [3.05, 3.63) is 44.6 Å². The van der Waals surface area contributed by atoms with Gasteiger partial charge in [0.05, 0.1) is 17.7 Å². The summed E-state index contributed by atoms with van der Waals surface area (Å²) in [5, 5.41) is 4.38. The summed E-state index contributed by atoms with van der Waals surface area (Å²) in [4.78, 5) is 27.0. The monoisotopic (exact) mass is 287 g/mol. The third kappa shape index (κ3) is 2.07. The van der Waals surface area contributed by atoms with E-state index in [0.717, 1.165) is 17.0 Å². The van der Waals surface area contributed by atoms with Crippen LogP contribution >= 0.6 is 0 Å². The van der Waals surface area contributed by atoms with Crippen LogP contribution in [-0.2, 0) is 11.8 Å². The maximum absolute atomic E-state index is 12.3. The number of carbonyl (C=O) groups is 1. The normalized spacial score (nSPS) is 17.5. The lowest BCUT2D eigenvalue weighted by Gasteiger charge is -2.24. The highest BCUT2D eigenvalue weighted by atomic mass is 16.5. The van der Waals surface area contributed by atoms with E-state index in [1.807, 2.05) is 20.9 Å². The number of esters is 1. The highest BCUT2D eigenvalue weighted by molar-refractivity contribution is 5.77. The Labute approximate surface area is 121 Å². The first-order chi connectivity index (χ1) is 9.88. The molecule has 0 aromatic carbocycles. The fraction of sp³-hybridized carbons (Fsp3) is 0.400. The van der Waals surface area contributed by atoms with Crippen molar-refractivity contribution in [3.8, 4) is 5.75 Å². The Bertz CT molecular complexity index is 801. The molecule has 21 heavy (non-hydrogen) atoms. The molecule has 0 fully saturated rings. The van der Waals surface area contributed by atoms with Gasteiger partial charge in [-0.1, -0.05) is 0 Å². The van der Waals surface area contributed by atoms with Gasteiger partial charge in [-0.25, -0.2) is 0 Å². The molecule has 3 rings (SSSR count). The molecule has 0 spiro atoms. The number of H-pyrrole nitrogens is 1. The predicted octanol–water partition coefficient (Wildman–Crippen LogP) is 1.47. The Kier molecular flexibility index (Phi) is 2.97. The number of carbonyl (C=O) groups excluding carboxylic acids is 1. The fourth-order valence-electron chi connectivity index (χ4n) is 3.06. The molecular formula is C15H17N3O3. The molecule has 0 saturated carbocycles. The Morgan fingerprint density at radius 1 is 1.29 bits per heavy atom. The van der Waals surface area contributed by atoms with Crippen molar-refractivity contribution in [2.45, 2.75) is 33.1 Å². The highest BCUT2D eigenvalue weighted by Crippen LogP contribution is 2.38. The number of pyridine rings is 1. The average Bonchev–Trinajstić information content (AvgIpc) is 2.61. The Balaban J connectivity index is 2.27. The number of aromatic amines is 1. The number of aryl methyl sites for hydroxylation is 3. The average molecular weight is 287 g/mol. The van der Waals surface area contributed by atoms with E-state index in [2.05, 4.69) is 10.1 Å². The van der Waals surface area contributed by atoms with Crippen molar-refractivity contribution in [2.75, 3.05) is 0 Å². The first kappa shape index (κ1) is 13.6. The number of nitrogens with zero attached hydrogens (tertiary/aromatic N) is 2. The molecule has 1 aliphatic heterocycles. The molecule has 0 aliphatic carbocycles. The predicted molar refractivity (Wildman–Crippen MR) is 76.6 cm³/mol.